The summed E-state index contributed by atoms with van der Waals surface area (Å²) in [6, 6.07) is 4.10. The molecule has 0 aliphatic rings. The zero-order chi connectivity index (χ0) is 13.8. The Morgan fingerprint density at radius 3 is 2.74 bits per heavy atom. The Labute approximate surface area is 126 Å². The van der Waals surface area contributed by atoms with Crippen LogP contribution in [0.1, 0.15) is 25.2 Å². The van der Waals surface area contributed by atoms with E-state index in [9.17, 15) is 0 Å². The van der Waals surface area contributed by atoms with Crippen molar-refractivity contribution in [3.05, 3.63) is 33.4 Å². The van der Waals surface area contributed by atoms with Crippen LogP contribution in [0.3, 0.4) is 0 Å². The third kappa shape index (κ3) is 4.37. The smallest absolute Gasteiger partial charge is 0.169 e. The van der Waals surface area contributed by atoms with Crippen LogP contribution < -0.4 is 5.32 Å². The first-order valence-corrected chi connectivity index (χ1v) is 8.01. The predicted molar refractivity (Wildman–Crippen MR) is 84.3 cm³/mol. The Kier molecular flexibility index (Phi) is 5.07. The lowest BCUT2D eigenvalue weighted by Crippen LogP contribution is -2.20. The highest BCUT2D eigenvalue weighted by molar-refractivity contribution is 9.10. The van der Waals surface area contributed by atoms with Gasteiger partial charge in [-0.05, 0) is 47.4 Å². The highest BCUT2D eigenvalue weighted by Crippen LogP contribution is 2.27. The molecule has 0 atom stereocenters. The van der Waals surface area contributed by atoms with Crippen LogP contribution in [0, 0.1) is 12.8 Å². The first kappa shape index (κ1) is 14.6. The van der Waals surface area contributed by atoms with Crippen molar-refractivity contribution in [1.29, 1.82) is 0 Å². The third-order valence-corrected chi connectivity index (χ3v) is 4.24. The van der Waals surface area contributed by atoms with E-state index >= 15 is 0 Å². The Hall–Kier alpha value is -0.780. The molecule has 2 rings (SSSR count). The zero-order valence-electron chi connectivity index (χ0n) is 11.4. The number of nitrogens with one attached hydrogen (secondary N) is 1. The van der Waals surface area contributed by atoms with Gasteiger partial charge in [0, 0.05) is 22.1 Å². The monoisotopic (exact) mass is 339 g/mol. The predicted octanol–water partition coefficient (Wildman–Crippen LogP) is 4.02. The largest absolute Gasteiger partial charge is 0.311 e. The van der Waals surface area contributed by atoms with Gasteiger partial charge in [0.25, 0.3) is 0 Å². The van der Waals surface area contributed by atoms with Crippen LogP contribution >= 0.6 is 27.3 Å². The van der Waals surface area contributed by atoms with E-state index in [0.717, 1.165) is 39.7 Å². The first-order chi connectivity index (χ1) is 9.04. The fraction of sp³-hybridized carbons (Fsp3) is 0.429. The van der Waals surface area contributed by atoms with Crippen molar-refractivity contribution in [3.8, 4) is 10.7 Å². The number of thiophene rings is 1. The van der Waals surface area contributed by atoms with Crippen LogP contribution in [0.4, 0.5) is 0 Å². The van der Waals surface area contributed by atoms with Crippen molar-refractivity contribution in [1.82, 2.24) is 15.3 Å². The minimum absolute atomic E-state index is 0.649. The van der Waals surface area contributed by atoms with Gasteiger partial charge in [-0.1, -0.05) is 13.8 Å². The molecule has 0 unspecified atom stereocenters. The summed E-state index contributed by atoms with van der Waals surface area (Å²) in [6.07, 6.45) is 0. The normalized spacial score (nSPS) is 11.2. The van der Waals surface area contributed by atoms with Gasteiger partial charge in [0.2, 0.25) is 0 Å². The van der Waals surface area contributed by atoms with Gasteiger partial charge in [-0.2, -0.15) is 0 Å². The standard InChI is InChI=1S/C14H18BrN3S/c1-9(2)6-16-7-12-4-10(3)17-14(18-12)13-5-11(15)8-19-13/h4-5,8-9,16H,6-7H2,1-3H3. The van der Waals surface area contributed by atoms with Crippen LogP contribution in [-0.2, 0) is 6.54 Å². The molecule has 0 fully saturated rings. The summed E-state index contributed by atoms with van der Waals surface area (Å²) in [5.41, 5.74) is 2.06. The van der Waals surface area contributed by atoms with Crippen molar-refractivity contribution in [2.75, 3.05) is 6.54 Å². The van der Waals surface area contributed by atoms with Gasteiger partial charge < -0.3 is 5.32 Å². The molecule has 0 aliphatic carbocycles. The highest BCUT2D eigenvalue weighted by Gasteiger charge is 2.07. The molecule has 3 nitrogen and oxygen atoms in total. The molecule has 0 bridgehead atoms. The average Bonchev–Trinajstić information content (AvgIpc) is 2.75. The molecular formula is C14H18BrN3S. The Balaban J connectivity index is 2.15. The van der Waals surface area contributed by atoms with Crippen molar-refractivity contribution in [2.45, 2.75) is 27.3 Å². The molecule has 2 aromatic rings. The molecule has 0 saturated heterocycles. The molecule has 2 aromatic heterocycles. The molecule has 5 heteroatoms. The highest BCUT2D eigenvalue weighted by atomic mass is 79.9. The number of aryl methyl sites for hydroxylation is 1. The maximum absolute atomic E-state index is 4.63. The van der Waals surface area contributed by atoms with E-state index < -0.39 is 0 Å². The van der Waals surface area contributed by atoms with Crippen molar-refractivity contribution >= 4 is 27.3 Å². The number of hydrogen-bond acceptors (Lipinski definition) is 4. The molecule has 0 spiro atoms. The molecule has 102 valence electrons. The Morgan fingerprint density at radius 2 is 2.11 bits per heavy atom. The summed E-state index contributed by atoms with van der Waals surface area (Å²) in [7, 11) is 0. The van der Waals surface area contributed by atoms with Crippen LogP contribution in [0.5, 0.6) is 0 Å². The summed E-state index contributed by atoms with van der Waals surface area (Å²) < 4.78 is 1.08. The van der Waals surface area contributed by atoms with Gasteiger partial charge in [0.1, 0.15) is 0 Å². The molecule has 0 amide bonds. The molecule has 1 N–H and O–H groups in total. The number of aromatic nitrogens is 2. The van der Waals surface area contributed by atoms with Gasteiger partial charge in [0.15, 0.2) is 5.82 Å². The molecule has 0 aromatic carbocycles. The minimum atomic E-state index is 0.649. The van der Waals surface area contributed by atoms with E-state index in [2.05, 4.69) is 56.5 Å². The quantitative estimate of drug-likeness (QED) is 0.893. The second-order valence-electron chi connectivity index (χ2n) is 4.98. The van der Waals surface area contributed by atoms with Gasteiger partial charge >= 0.3 is 0 Å². The molecule has 19 heavy (non-hydrogen) atoms. The van der Waals surface area contributed by atoms with Gasteiger partial charge in [-0.25, -0.2) is 9.97 Å². The molecule has 0 saturated carbocycles. The maximum atomic E-state index is 4.63. The van der Waals surface area contributed by atoms with Crippen LogP contribution in [0.25, 0.3) is 10.7 Å². The van der Waals surface area contributed by atoms with E-state index in [1.54, 1.807) is 11.3 Å². The van der Waals surface area contributed by atoms with E-state index in [-0.39, 0.29) is 0 Å². The van der Waals surface area contributed by atoms with E-state index in [4.69, 9.17) is 0 Å². The maximum Gasteiger partial charge on any atom is 0.169 e. The van der Waals surface area contributed by atoms with E-state index in [0.29, 0.717) is 5.92 Å². The summed E-state index contributed by atoms with van der Waals surface area (Å²) >= 11 is 5.12. The summed E-state index contributed by atoms with van der Waals surface area (Å²) in [4.78, 5) is 10.2. The average molecular weight is 340 g/mol. The second-order valence-corrected chi connectivity index (χ2v) is 6.81. The molecule has 0 radical (unpaired) electrons. The zero-order valence-corrected chi connectivity index (χ0v) is 13.8. The first-order valence-electron chi connectivity index (χ1n) is 6.34. The van der Waals surface area contributed by atoms with Crippen LogP contribution in [0.15, 0.2) is 22.0 Å². The summed E-state index contributed by atoms with van der Waals surface area (Å²) in [5, 5.41) is 5.47. The fourth-order valence-corrected chi connectivity index (χ4v) is 3.11. The number of halogens is 1. The minimum Gasteiger partial charge on any atom is -0.311 e. The summed E-state index contributed by atoms with van der Waals surface area (Å²) in [5.74, 6) is 1.47. The van der Waals surface area contributed by atoms with Gasteiger partial charge in [0.05, 0.1) is 10.6 Å². The van der Waals surface area contributed by atoms with Crippen molar-refractivity contribution in [2.24, 2.45) is 5.92 Å². The molecular weight excluding hydrogens is 322 g/mol. The number of hydrogen-bond donors (Lipinski definition) is 1. The third-order valence-electron chi connectivity index (χ3n) is 2.55. The van der Waals surface area contributed by atoms with E-state index in [1.807, 2.05) is 13.0 Å². The Morgan fingerprint density at radius 1 is 1.32 bits per heavy atom. The van der Waals surface area contributed by atoms with Crippen molar-refractivity contribution < 1.29 is 0 Å². The Bertz CT molecular complexity index is 551. The molecule has 2 heterocycles. The second kappa shape index (κ2) is 6.59. The topological polar surface area (TPSA) is 37.8 Å². The summed E-state index contributed by atoms with van der Waals surface area (Å²) in [6.45, 7) is 8.21. The number of rotatable bonds is 5. The lowest BCUT2D eigenvalue weighted by molar-refractivity contribution is 0.548. The van der Waals surface area contributed by atoms with Crippen LogP contribution in [-0.4, -0.2) is 16.5 Å². The molecule has 0 aliphatic heterocycles. The number of nitrogens with zero attached hydrogens (tertiary/aromatic N) is 2. The fourth-order valence-electron chi connectivity index (χ4n) is 1.75. The lowest BCUT2D eigenvalue weighted by Gasteiger charge is -2.08. The van der Waals surface area contributed by atoms with Crippen LogP contribution in [0.2, 0.25) is 0 Å². The van der Waals surface area contributed by atoms with E-state index in [1.165, 1.54) is 0 Å². The van der Waals surface area contributed by atoms with Gasteiger partial charge in [-0.3, -0.25) is 0 Å². The SMILES string of the molecule is Cc1cc(CNCC(C)C)nc(-c2cc(Br)cs2)n1. The van der Waals surface area contributed by atoms with Gasteiger partial charge in [-0.15, -0.1) is 11.3 Å². The lowest BCUT2D eigenvalue weighted by atomic mass is 10.2. The van der Waals surface area contributed by atoms with Crippen molar-refractivity contribution in [3.63, 3.8) is 0 Å².